The summed E-state index contributed by atoms with van der Waals surface area (Å²) >= 11 is 0. The van der Waals surface area contributed by atoms with E-state index in [4.69, 9.17) is 4.52 Å². The summed E-state index contributed by atoms with van der Waals surface area (Å²) in [7, 11) is 0. The number of aliphatic hydroxyl groups is 1. The van der Waals surface area contributed by atoms with Crippen molar-refractivity contribution in [3.63, 3.8) is 0 Å². The molecule has 2 atom stereocenters. The number of carbonyl (C=O) groups is 1. The molecule has 3 heterocycles. The normalized spacial score (nSPS) is 18.8. The van der Waals surface area contributed by atoms with Crippen LogP contribution in [0.1, 0.15) is 16.1 Å². The summed E-state index contributed by atoms with van der Waals surface area (Å²) in [5, 5.41) is 15.7. The third kappa shape index (κ3) is 3.46. The molecule has 30 heavy (non-hydrogen) atoms. The second kappa shape index (κ2) is 7.72. The molecule has 6 heteroatoms. The number of benzene rings is 2. The lowest BCUT2D eigenvalue weighted by atomic mass is 9.94. The number of fused-ring (bicyclic) bond motifs is 1. The highest BCUT2D eigenvalue weighted by molar-refractivity contribution is 5.92. The van der Waals surface area contributed by atoms with E-state index in [0.29, 0.717) is 18.7 Å². The fraction of sp³-hybridized carbons (Fsp3) is 0.208. The van der Waals surface area contributed by atoms with Gasteiger partial charge in [-0.25, -0.2) is 0 Å². The number of aliphatic hydroxyl groups excluding tert-OH is 1. The smallest absolute Gasteiger partial charge is 0.292 e. The maximum Gasteiger partial charge on any atom is 0.292 e. The number of hydrogen-bond acceptors (Lipinski definition) is 5. The molecule has 2 aromatic carbocycles. The van der Waals surface area contributed by atoms with Gasteiger partial charge in [0.2, 0.25) is 5.76 Å². The van der Waals surface area contributed by atoms with Crippen LogP contribution in [0.2, 0.25) is 0 Å². The number of likely N-dealkylation sites (tertiary alicyclic amines) is 1. The summed E-state index contributed by atoms with van der Waals surface area (Å²) in [6, 6.07) is 21.2. The predicted octanol–water partition coefficient (Wildman–Crippen LogP) is 3.57. The molecule has 6 nitrogen and oxygen atoms in total. The third-order valence-electron chi connectivity index (χ3n) is 5.71. The summed E-state index contributed by atoms with van der Waals surface area (Å²) < 4.78 is 5.31. The Kier molecular flexibility index (Phi) is 4.77. The average molecular weight is 399 g/mol. The molecule has 5 rings (SSSR count). The second-order valence-corrected chi connectivity index (χ2v) is 7.67. The van der Waals surface area contributed by atoms with E-state index in [9.17, 15) is 9.90 Å². The van der Waals surface area contributed by atoms with Crippen molar-refractivity contribution in [3.05, 3.63) is 84.3 Å². The van der Waals surface area contributed by atoms with Crippen LogP contribution in [-0.2, 0) is 6.42 Å². The maximum absolute atomic E-state index is 12.9. The van der Waals surface area contributed by atoms with Crippen LogP contribution in [-0.4, -0.2) is 45.2 Å². The highest BCUT2D eigenvalue weighted by Gasteiger charge is 2.36. The molecule has 0 unspecified atom stereocenters. The highest BCUT2D eigenvalue weighted by atomic mass is 16.5. The molecule has 1 saturated heterocycles. The summed E-state index contributed by atoms with van der Waals surface area (Å²) in [5.74, 6) is -0.0989. The Balaban J connectivity index is 1.32. The van der Waals surface area contributed by atoms with E-state index in [-0.39, 0.29) is 24.1 Å². The number of aromatic nitrogens is 2. The molecular weight excluding hydrogens is 378 g/mol. The Hall–Kier alpha value is -3.51. The van der Waals surface area contributed by atoms with Gasteiger partial charge in [-0.15, -0.1) is 0 Å². The first-order valence-corrected chi connectivity index (χ1v) is 10.0. The molecule has 0 saturated carbocycles. The molecule has 1 aliphatic heterocycles. The van der Waals surface area contributed by atoms with Crippen LogP contribution in [0.15, 0.2) is 77.4 Å². The minimum Gasteiger partial charge on any atom is -0.391 e. The van der Waals surface area contributed by atoms with E-state index in [2.05, 4.69) is 10.1 Å². The molecule has 0 bridgehead atoms. The van der Waals surface area contributed by atoms with Crippen molar-refractivity contribution >= 4 is 16.8 Å². The molecule has 1 N–H and O–H groups in total. The standard InChI is InChI=1S/C24H21N3O3/c28-22-15-27(24(29)23-13-21(26-30-23)16-6-2-1-3-7-16)14-18(22)12-17-10-11-25-20-9-5-4-8-19(17)20/h1-11,13,18,22,28H,12,14-15H2/t18-,22-/m1/s1. The highest BCUT2D eigenvalue weighted by Crippen LogP contribution is 2.27. The number of β-amino-alcohol motifs (C(OH)–C–C–N with tert-alkyl or cyclic N) is 1. The van der Waals surface area contributed by atoms with E-state index < -0.39 is 6.10 Å². The van der Waals surface area contributed by atoms with Gasteiger partial charge in [0.25, 0.3) is 5.91 Å². The number of para-hydroxylation sites is 1. The van der Waals surface area contributed by atoms with Crippen molar-refractivity contribution in [2.24, 2.45) is 5.92 Å². The monoisotopic (exact) mass is 399 g/mol. The lowest BCUT2D eigenvalue weighted by Crippen LogP contribution is -2.29. The zero-order valence-electron chi connectivity index (χ0n) is 16.3. The van der Waals surface area contributed by atoms with Crippen molar-refractivity contribution in [1.82, 2.24) is 15.0 Å². The topological polar surface area (TPSA) is 79.5 Å². The Bertz CT molecular complexity index is 1180. The molecule has 1 amide bonds. The summed E-state index contributed by atoms with van der Waals surface area (Å²) in [6.07, 6.45) is 1.89. The number of hydrogen-bond donors (Lipinski definition) is 1. The van der Waals surface area contributed by atoms with Crippen molar-refractivity contribution in [2.45, 2.75) is 12.5 Å². The van der Waals surface area contributed by atoms with Crippen LogP contribution in [0.4, 0.5) is 0 Å². The molecule has 1 aliphatic rings. The van der Waals surface area contributed by atoms with Crippen LogP contribution in [0.5, 0.6) is 0 Å². The van der Waals surface area contributed by atoms with E-state index in [1.165, 1.54) is 0 Å². The largest absolute Gasteiger partial charge is 0.391 e. The van der Waals surface area contributed by atoms with E-state index in [1.807, 2.05) is 60.7 Å². The quantitative estimate of drug-likeness (QED) is 0.568. The zero-order chi connectivity index (χ0) is 20.5. The predicted molar refractivity (Wildman–Crippen MR) is 113 cm³/mol. The Morgan fingerprint density at radius 1 is 1.07 bits per heavy atom. The first kappa shape index (κ1) is 18.5. The number of pyridine rings is 1. The van der Waals surface area contributed by atoms with Gasteiger partial charge in [0.15, 0.2) is 0 Å². The van der Waals surface area contributed by atoms with Crippen molar-refractivity contribution in [1.29, 1.82) is 0 Å². The van der Waals surface area contributed by atoms with Gasteiger partial charge in [0, 0.05) is 42.2 Å². The van der Waals surface area contributed by atoms with Crippen molar-refractivity contribution < 1.29 is 14.4 Å². The first-order valence-electron chi connectivity index (χ1n) is 10.0. The van der Waals surface area contributed by atoms with E-state index in [0.717, 1.165) is 22.0 Å². The number of nitrogens with zero attached hydrogens (tertiary/aromatic N) is 3. The molecule has 4 aromatic rings. The zero-order valence-corrected chi connectivity index (χ0v) is 16.3. The molecule has 0 spiro atoms. The van der Waals surface area contributed by atoms with Crippen LogP contribution >= 0.6 is 0 Å². The van der Waals surface area contributed by atoms with Gasteiger partial charge in [-0.05, 0) is 24.1 Å². The van der Waals surface area contributed by atoms with E-state index in [1.54, 1.807) is 17.2 Å². The number of carbonyl (C=O) groups excluding carboxylic acids is 1. The maximum atomic E-state index is 12.9. The van der Waals surface area contributed by atoms with Gasteiger partial charge in [-0.3, -0.25) is 9.78 Å². The fourth-order valence-electron chi connectivity index (χ4n) is 4.11. The third-order valence-corrected chi connectivity index (χ3v) is 5.71. The number of rotatable bonds is 4. The molecule has 1 fully saturated rings. The SMILES string of the molecule is O=C(c1cc(-c2ccccc2)no1)N1C[C@@H](Cc2ccnc3ccccc23)[C@H](O)C1. The lowest BCUT2D eigenvalue weighted by molar-refractivity contribution is 0.0724. The van der Waals surface area contributed by atoms with Crippen LogP contribution in [0.3, 0.4) is 0 Å². The van der Waals surface area contributed by atoms with Crippen LogP contribution in [0, 0.1) is 5.92 Å². The minimum absolute atomic E-state index is 0.0451. The average Bonchev–Trinajstić information content (AvgIpc) is 3.42. The van der Waals surface area contributed by atoms with Gasteiger partial charge < -0.3 is 14.5 Å². The first-order chi connectivity index (χ1) is 14.7. The van der Waals surface area contributed by atoms with Crippen LogP contribution < -0.4 is 0 Å². The molecule has 0 aliphatic carbocycles. The molecular formula is C24H21N3O3. The Morgan fingerprint density at radius 3 is 2.73 bits per heavy atom. The lowest BCUT2D eigenvalue weighted by Gasteiger charge is -2.15. The van der Waals surface area contributed by atoms with Gasteiger partial charge in [-0.2, -0.15) is 0 Å². The summed E-state index contributed by atoms with van der Waals surface area (Å²) in [4.78, 5) is 19.0. The van der Waals surface area contributed by atoms with Gasteiger partial charge in [-0.1, -0.05) is 53.7 Å². The van der Waals surface area contributed by atoms with Crippen molar-refractivity contribution in [3.8, 4) is 11.3 Å². The fourth-order valence-corrected chi connectivity index (χ4v) is 4.11. The molecule has 2 aromatic heterocycles. The molecule has 150 valence electrons. The Labute approximate surface area is 173 Å². The van der Waals surface area contributed by atoms with Gasteiger partial charge in [0.05, 0.1) is 11.6 Å². The van der Waals surface area contributed by atoms with Gasteiger partial charge in [0.1, 0.15) is 5.69 Å². The van der Waals surface area contributed by atoms with Crippen molar-refractivity contribution in [2.75, 3.05) is 13.1 Å². The molecule has 0 radical (unpaired) electrons. The summed E-state index contributed by atoms with van der Waals surface area (Å²) in [5.41, 5.74) is 3.58. The second-order valence-electron chi connectivity index (χ2n) is 7.67. The van der Waals surface area contributed by atoms with E-state index >= 15 is 0 Å². The number of amides is 1. The van der Waals surface area contributed by atoms with Gasteiger partial charge >= 0.3 is 0 Å². The Morgan fingerprint density at radius 2 is 1.87 bits per heavy atom. The minimum atomic E-state index is -0.586. The summed E-state index contributed by atoms with van der Waals surface area (Å²) in [6.45, 7) is 0.756. The van der Waals surface area contributed by atoms with Crippen LogP contribution in [0.25, 0.3) is 22.2 Å².